The molecule has 1 aromatic carbocycles. The van der Waals surface area contributed by atoms with Gasteiger partial charge in [0.15, 0.2) is 5.16 Å². The number of nitrogens with one attached hydrogen (secondary N) is 2. The molecule has 0 fully saturated rings. The Morgan fingerprint density at radius 1 is 1.56 bits per heavy atom. The molecular formula is C10H10BrN5OS. The highest BCUT2D eigenvalue weighted by Gasteiger charge is 2.08. The molecule has 8 heteroatoms. The van der Waals surface area contributed by atoms with Crippen LogP contribution >= 0.6 is 27.7 Å². The molecule has 18 heavy (non-hydrogen) atoms. The third-order valence-corrected chi connectivity index (χ3v) is 3.87. The maximum absolute atomic E-state index is 11.3. The lowest BCUT2D eigenvalue weighted by molar-refractivity contribution is 0.0953. The molecule has 0 unspecified atom stereocenters. The molecule has 2 aromatic rings. The summed E-state index contributed by atoms with van der Waals surface area (Å²) in [6.45, 7) is 0. The minimum Gasteiger partial charge on any atom is -0.290 e. The number of aromatic nitrogens is 3. The maximum atomic E-state index is 11.3. The molecule has 0 bridgehead atoms. The molecule has 0 radical (unpaired) electrons. The Hall–Kier alpha value is -1.38. The van der Waals surface area contributed by atoms with Gasteiger partial charge in [0.2, 0.25) is 0 Å². The van der Waals surface area contributed by atoms with Gasteiger partial charge in [0.25, 0.3) is 5.91 Å². The monoisotopic (exact) mass is 327 g/mol. The zero-order chi connectivity index (χ0) is 13.0. The van der Waals surface area contributed by atoms with E-state index in [-0.39, 0.29) is 5.91 Å². The number of nitrogens with zero attached hydrogens (tertiary/aromatic N) is 2. The first-order valence-corrected chi connectivity index (χ1v) is 6.76. The summed E-state index contributed by atoms with van der Waals surface area (Å²) < 4.78 is 0.857. The number of H-pyrrole nitrogens is 1. The molecule has 94 valence electrons. The number of aromatic amines is 1. The predicted octanol–water partition coefficient (Wildman–Crippen LogP) is 1.46. The van der Waals surface area contributed by atoms with Crippen LogP contribution in [0, 0.1) is 0 Å². The van der Waals surface area contributed by atoms with Crippen molar-refractivity contribution in [1.82, 2.24) is 20.6 Å². The molecule has 6 nitrogen and oxygen atoms in total. The fourth-order valence-corrected chi connectivity index (χ4v) is 2.79. The fraction of sp³-hybridized carbons (Fsp3) is 0.100. The van der Waals surface area contributed by atoms with E-state index >= 15 is 0 Å². The van der Waals surface area contributed by atoms with Crippen LogP contribution in [0.1, 0.15) is 15.9 Å². The Bertz CT molecular complexity index is 545. The van der Waals surface area contributed by atoms with Crippen LogP contribution in [0.3, 0.4) is 0 Å². The van der Waals surface area contributed by atoms with Crippen LogP contribution in [0.4, 0.5) is 0 Å². The van der Waals surface area contributed by atoms with Crippen molar-refractivity contribution in [2.45, 2.75) is 10.9 Å². The van der Waals surface area contributed by atoms with Crippen molar-refractivity contribution in [2.75, 3.05) is 0 Å². The van der Waals surface area contributed by atoms with Crippen molar-refractivity contribution in [3.8, 4) is 0 Å². The summed E-state index contributed by atoms with van der Waals surface area (Å²) in [5.41, 5.74) is 3.67. The largest absolute Gasteiger partial charge is 0.290 e. The summed E-state index contributed by atoms with van der Waals surface area (Å²) in [5.74, 6) is 5.48. The Balaban J connectivity index is 2.08. The zero-order valence-corrected chi connectivity index (χ0v) is 11.6. The molecule has 0 aliphatic heterocycles. The number of thioether (sulfide) groups is 1. The number of amides is 1. The second kappa shape index (κ2) is 5.98. The molecule has 2 rings (SSSR count). The molecular weight excluding hydrogens is 318 g/mol. The third kappa shape index (κ3) is 3.09. The minimum absolute atomic E-state index is 0.315. The smallest absolute Gasteiger partial charge is 0.265 e. The average molecular weight is 328 g/mol. The molecule has 4 N–H and O–H groups in total. The summed E-state index contributed by atoms with van der Waals surface area (Å²) >= 11 is 4.96. The summed E-state index contributed by atoms with van der Waals surface area (Å²) in [7, 11) is 0. The number of hydrazine groups is 1. The third-order valence-electron chi connectivity index (χ3n) is 2.20. The van der Waals surface area contributed by atoms with Gasteiger partial charge in [0.1, 0.15) is 6.33 Å². The van der Waals surface area contributed by atoms with E-state index in [1.165, 1.54) is 18.1 Å². The van der Waals surface area contributed by atoms with Crippen molar-refractivity contribution >= 4 is 33.6 Å². The first-order chi connectivity index (χ1) is 8.70. The van der Waals surface area contributed by atoms with Crippen LogP contribution in [0.15, 0.2) is 34.2 Å². The van der Waals surface area contributed by atoms with Crippen molar-refractivity contribution in [3.05, 3.63) is 40.1 Å². The standard InChI is InChI=1S/C10H10BrN5OS/c11-8-3-6(9(17)15-12)1-2-7(8)4-18-10-13-5-14-16-10/h1-3,5H,4,12H2,(H,15,17)(H,13,14,16). The second-order valence-corrected chi connectivity index (χ2v) is 5.18. The van der Waals surface area contributed by atoms with Gasteiger partial charge >= 0.3 is 0 Å². The number of nitrogen functional groups attached to an aromatic ring is 1. The topological polar surface area (TPSA) is 96.7 Å². The number of benzene rings is 1. The van der Waals surface area contributed by atoms with E-state index in [4.69, 9.17) is 5.84 Å². The van der Waals surface area contributed by atoms with Crippen LogP contribution in [0.5, 0.6) is 0 Å². The number of carbonyl (C=O) groups is 1. The first-order valence-electron chi connectivity index (χ1n) is 4.98. The molecule has 0 aliphatic carbocycles. The van der Waals surface area contributed by atoms with Crippen molar-refractivity contribution in [3.63, 3.8) is 0 Å². The number of nitrogens with two attached hydrogens (primary N) is 1. The molecule has 1 heterocycles. The zero-order valence-electron chi connectivity index (χ0n) is 9.18. The van der Waals surface area contributed by atoms with E-state index in [2.05, 4.69) is 36.5 Å². The van der Waals surface area contributed by atoms with E-state index in [1.807, 2.05) is 6.07 Å². The first kappa shape index (κ1) is 13.1. The summed E-state index contributed by atoms with van der Waals surface area (Å²) in [6.07, 6.45) is 1.46. The van der Waals surface area contributed by atoms with Crippen LogP contribution in [0.25, 0.3) is 0 Å². The van der Waals surface area contributed by atoms with Gasteiger partial charge in [0.05, 0.1) is 0 Å². The Morgan fingerprint density at radius 3 is 3.00 bits per heavy atom. The minimum atomic E-state index is -0.315. The highest BCUT2D eigenvalue weighted by molar-refractivity contribution is 9.10. The van der Waals surface area contributed by atoms with Gasteiger partial charge < -0.3 is 0 Å². The number of halogens is 1. The Morgan fingerprint density at radius 2 is 2.39 bits per heavy atom. The van der Waals surface area contributed by atoms with E-state index in [1.54, 1.807) is 12.1 Å². The second-order valence-electron chi connectivity index (χ2n) is 3.36. The van der Waals surface area contributed by atoms with Gasteiger partial charge in [-0.2, -0.15) is 5.10 Å². The van der Waals surface area contributed by atoms with E-state index in [9.17, 15) is 4.79 Å². The summed E-state index contributed by atoms with van der Waals surface area (Å²) in [5, 5.41) is 7.30. The van der Waals surface area contributed by atoms with Crippen LogP contribution in [-0.2, 0) is 5.75 Å². The molecule has 0 atom stereocenters. The van der Waals surface area contributed by atoms with Crippen LogP contribution in [-0.4, -0.2) is 21.1 Å². The number of hydrogen-bond donors (Lipinski definition) is 3. The highest BCUT2D eigenvalue weighted by atomic mass is 79.9. The maximum Gasteiger partial charge on any atom is 0.265 e. The van der Waals surface area contributed by atoms with Gasteiger partial charge in [-0.3, -0.25) is 15.3 Å². The van der Waals surface area contributed by atoms with Gasteiger partial charge in [-0.05, 0) is 17.7 Å². The molecule has 0 saturated heterocycles. The quantitative estimate of drug-likeness (QED) is 0.342. The number of carbonyl (C=O) groups excluding carboxylic acids is 1. The van der Waals surface area contributed by atoms with Gasteiger partial charge in [-0.15, -0.1) is 0 Å². The van der Waals surface area contributed by atoms with Crippen LogP contribution < -0.4 is 11.3 Å². The predicted molar refractivity (Wildman–Crippen MR) is 71.7 cm³/mol. The SMILES string of the molecule is NNC(=O)c1ccc(CSc2ncn[nH]2)c(Br)c1. The molecule has 0 spiro atoms. The normalized spacial score (nSPS) is 10.3. The van der Waals surface area contributed by atoms with E-state index < -0.39 is 0 Å². The Kier molecular flexibility index (Phi) is 4.34. The van der Waals surface area contributed by atoms with Gasteiger partial charge in [-0.1, -0.05) is 33.8 Å². The van der Waals surface area contributed by atoms with Gasteiger partial charge in [0, 0.05) is 15.8 Å². The lowest BCUT2D eigenvalue weighted by atomic mass is 10.1. The van der Waals surface area contributed by atoms with Gasteiger partial charge in [-0.25, -0.2) is 10.8 Å². The lowest BCUT2D eigenvalue weighted by Gasteiger charge is -2.05. The average Bonchev–Trinajstić information content (AvgIpc) is 2.89. The summed E-state index contributed by atoms with van der Waals surface area (Å²) in [6, 6.07) is 5.33. The molecule has 0 saturated carbocycles. The fourth-order valence-electron chi connectivity index (χ4n) is 1.30. The summed E-state index contributed by atoms with van der Waals surface area (Å²) in [4.78, 5) is 15.4. The van der Waals surface area contributed by atoms with Crippen molar-refractivity contribution in [1.29, 1.82) is 0 Å². The van der Waals surface area contributed by atoms with Crippen LogP contribution in [0.2, 0.25) is 0 Å². The highest BCUT2D eigenvalue weighted by Crippen LogP contribution is 2.25. The lowest BCUT2D eigenvalue weighted by Crippen LogP contribution is -2.29. The molecule has 1 aromatic heterocycles. The van der Waals surface area contributed by atoms with Crippen molar-refractivity contribution in [2.24, 2.45) is 5.84 Å². The Labute approximate surface area is 116 Å². The molecule has 0 aliphatic rings. The number of hydrogen-bond acceptors (Lipinski definition) is 5. The molecule has 1 amide bonds. The van der Waals surface area contributed by atoms with Crippen molar-refractivity contribution < 1.29 is 4.79 Å². The van der Waals surface area contributed by atoms with E-state index in [0.29, 0.717) is 5.56 Å². The number of rotatable bonds is 4. The van der Waals surface area contributed by atoms with E-state index in [0.717, 1.165) is 20.9 Å².